The molecular weight excluding hydrogens is 456 g/mol. The molecule has 6 heteroatoms. The Kier molecular flexibility index (Phi) is 5.95. The molecule has 3 atom stereocenters. The molecular formula is C30H30O6. The number of hydrogen-bond donors (Lipinski definition) is 3. The smallest absolute Gasteiger partial charge is 0.205 e. The molecule has 2 aromatic rings. The zero-order valence-electron chi connectivity index (χ0n) is 20.5. The first-order valence-electron chi connectivity index (χ1n) is 12.5. The lowest BCUT2D eigenvalue weighted by molar-refractivity contribution is -0.143. The van der Waals surface area contributed by atoms with Gasteiger partial charge in [-0.2, -0.15) is 0 Å². The highest BCUT2D eigenvalue weighted by molar-refractivity contribution is 6.25. The van der Waals surface area contributed by atoms with Crippen LogP contribution in [0.5, 0.6) is 5.75 Å². The lowest BCUT2D eigenvalue weighted by Gasteiger charge is -2.46. The van der Waals surface area contributed by atoms with Crippen molar-refractivity contribution in [3.63, 3.8) is 0 Å². The lowest BCUT2D eigenvalue weighted by atomic mass is 9.59. The minimum atomic E-state index is -2.30. The molecule has 0 aromatic heterocycles. The Morgan fingerprint density at radius 2 is 1.75 bits per heavy atom. The van der Waals surface area contributed by atoms with E-state index in [2.05, 4.69) is 12.1 Å². The summed E-state index contributed by atoms with van der Waals surface area (Å²) in [4.78, 5) is 39.0. The van der Waals surface area contributed by atoms with Gasteiger partial charge in [-0.3, -0.25) is 14.4 Å². The number of benzene rings is 2. The van der Waals surface area contributed by atoms with Crippen LogP contribution in [-0.4, -0.2) is 38.3 Å². The molecule has 5 rings (SSSR count). The number of allylic oxidation sites excluding steroid dienone is 2. The van der Waals surface area contributed by atoms with Crippen LogP contribution in [0.4, 0.5) is 0 Å². The summed E-state index contributed by atoms with van der Waals surface area (Å²) >= 11 is 0. The molecule has 0 aliphatic heterocycles. The minimum absolute atomic E-state index is 0.0196. The summed E-state index contributed by atoms with van der Waals surface area (Å²) in [6, 6.07) is 13.5. The SMILES string of the molecule is CC(=O)C1=C(C)CC2CC3Cc4c(CCCc5ccccc5)ccc(O)c4C(=O)C3=C(O)C2(O)C1=O. The maximum absolute atomic E-state index is 13.7. The Bertz CT molecular complexity index is 1350. The van der Waals surface area contributed by atoms with Gasteiger partial charge >= 0.3 is 0 Å². The van der Waals surface area contributed by atoms with Crippen molar-refractivity contribution in [2.45, 2.75) is 58.0 Å². The second-order valence-electron chi connectivity index (χ2n) is 10.4. The molecule has 186 valence electrons. The number of phenolic OH excluding ortho intramolecular Hbond substituents is 1. The van der Waals surface area contributed by atoms with Gasteiger partial charge in [0, 0.05) is 11.5 Å². The van der Waals surface area contributed by atoms with Gasteiger partial charge in [-0.25, -0.2) is 0 Å². The average molecular weight is 487 g/mol. The molecule has 0 saturated heterocycles. The van der Waals surface area contributed by atoms with Crippen LogP contribution in [0.3, 0.4) is 0 Å². The Labute approximate surface area is 210 Å². The molecule has 3 N–H and O–H groups in total. The number of fused-ring (bicyclic) bond motifs is 3. The first-order chi connectivity index (χ1) is 17.1. The van der Waals surface area contributed by atoms with Crippen molar-refractivity contribution < 1.29 is 29.7 Å². The summed E-state index contributed by atoms with van der Waals surface area (Å²) in [5, 5.41) is 33.3. The molecule has 3 aliphatic carbocycles. The number of aromatic hydroxyl groups is 1. The zero-order valence-corrected chi connectivity index (χ0v) is 20.5. The number of rotatable bonds is 5. The van der Waals surface area contributed by atoms with E-state index in [0.29, 0.717) is 18.4 Å². The molecule has 36 heavy (non-hydrogen) atoms. The standard InChI is InChI=1S/C30H30O6/c1-16-13-21-14-20-15-22-19(10-6-9-18-7-4-3-5-8-18)11-12-23(32)26(22)27(33)25(20)29(35)30(21,36)28(34)24(16)17(2)31/h3-5,7-8,11-12,20-21,32,35-36H,6,9-10,13-15H2,1-2H3. The van der Waals surface area contributed by atoms with Crippen molar-refractivity contribution in [2.24, 2.45) is 11.8 Å². The van der Waals surface area contributed by atoms with E-state index in [1.54, 1.807) is 6.92 Å². The Balaban J connectivity index is 1.51. The van der Waals surface area contributed by atoms with E-state index >= 15 is 0 Å². The first kappa shape index (κ1) is 24.2. The number of ketones is 3. The summed E-state index contributed by atoms with van der Waals surface area (Å²) in [6.45, 7) is 2.96. The molecule has 0 saturated carbocycles. The van der Waals surface area contributed by atoms with E-state index in [1.807, 2.05) is 24.3 Å². The van der Waals surface area contributed by atoms with Gasteiger partial charge in [-0.1, -0.05) is 42.0 Å². The van der Waals surface area contributed by atoms with E-state index in [-0.39, 0.29) is 34.8 Å². The molecule has 0 amide bonds. The van der Waals surface area contributed by atoms with Crippen LogP contribution in [-0.2, 0) is 28.9 Å². The molecule has 0 fully saturated rings. The monoisotopic (exact) mass is 486 g/mol. The quantitative estimate of drug-likeness (QED) is 0.542. The average Bonchev–Trinajstić information content (AvgIpc) is 2.83. The fourth-order valence-corrected chi connectivity index (χ4v) is 6.45. The normalized spacial score (nSPS) is 25.4. The number of hydrogen-bond acceptors (Lipinski definition) is 6. The summed E-state index contributed by atoms with van der Waals surface area (Å²) in [5.74, 6) is -3.72. The number of carbonyl (C=O) groups excluding carboxylic acids is 3. The number of aliphatic hydroxyl groups is 2. The van der Waals surface area contributed by atoms with Crippen LogP contribution in [0.15, 0.2) is 64.9 Å². The molecule has 6 nitrogen and oxygen atoms in total. The molecule has 3 unspecified atom stereocenters. The van der Waals surface area contributed by atoms with Crippen LogP contribution in [0.25, 0.3) is 0 Å². The second-order valence-corrected chi connectivity index (χ2v) is 10.4. The van der Waals surface area contributed by atoms with E-state index in [9.17, 15) is 29.7 Å². The van der Waals surface area contributed by atoms with Gasteiger partial charge in [0.05, 0.1) is 11.1 Å². The molecule has 0 spiro atoms. The van der Waals surface area contributed by atoms with Crippen LogP contribution in [0.2, 0.25) is 0 Å². The van der Waals surface area contributed by atoms with Gasteiger partial charge in [0.15, 0.2) is 17.2 Å². The van der Waals surface area contributed by atoms with Gasteiger partial charge in [0.1, 0.15) is 11.5 Å². The maximum Gasteiger partial charge on any atom is 0.205 e. The number of Topliss-reactive ketones (excluding diaryl/α,β-unsaturated/α-hetero) is 3. The highest BCUT2D eigenvalue weighted by atomic mass is 16.3. The first-order valence-corrected chi connectivity index (χ1v) is 12.5. The van der Waals surface area contributed by atoms with Gasteiger partial charge < -0.3 is 15.3 Å². The molecule has 3 aliphatic rings. The third kappa shape index (κ3) is 3.63. The van der Waals surface area contributed by atoms with Crippen molar-refractivity contribution in [1.29, 1.82) is 0 Å². The largest absolute Gasteiger partial charge is 0.508 e. The lowest BCUT2D eigenvalue weighted by Crippen LogP contribution is -2.56. The van der Waals surface area contributed by atoms with Crippen molar-refractivity contribution in [2.75, 3.05) is 0 Å². The predicted molar refractivity (Wildman–Crippen MR) is 134 cm³/mol. The van der Waals surface area contributed by atoms with Crippen LogP contribution in [0, 0.1) is 11.8 Å². The number of phenols is 1. The molecule has 2 aromatic carbocycles. The highest BCUT2D eigenvalue weighted by Gasteiger charge is 2.58. The van der Waals surface area contributed by atoms with Crippen LogP contribution in [0.1, 0.15) is 60.2 Å². The number of aliphatic hydroxyl groups excluding tert-OH is 1. The number of carbonyl (C=O) groups is 3. The summed E-state index contributed by atoms with van der Waals surface area (Å²) in [5.41, 5.74) is 1.30. The fourth-order valence-electron chi connectivity index (χ4n) is 6.45. The van der Waals surface area contributed by atoms with E-state index in [0.717, 1.165) is 30.4 Å². The van der Waals surface area contributed by atoms with Gasteiger partial charge in [-0.15, -0.1) is 0 Å². The predicted octanol–water partition coefficient (Wildman–Crippen LogP) is 4.36. The maximum atomic E-state index is 13.7. The van der Waals surface area contributed by atoms with Gasteiger partial charge in [0.25, 0.3) is 0 Å². The van der Waals surface area contributed by atoms with E-state index < -0.39 is 34.6 Å². The minimum Gasteiger partial charge on any atom is -0.508 e. The zero-order chi connectivity index (χ0) is 25.8. The van der Waals surface area contributed by atoms with Gasteiger partial charge in [-0.05, 0) is 81.0 Å². The Morgan fingerprint density at radius 1 is 1.03 bits per heavy atom. The molecule has 0 radical (unpaired) electrons. The second kappa shape index (κ2) is 8.86. The Hall–Kier alpha value is -3.51. The van der Waals surface area contributed by atoms with Gasteiger partial charge in [0.2, 0.25) is 5.78 Å². The van der Waals surface area contributed by atoms with Crippen molar-refractivity contribution in [3.8, 4) is 5.75 Å². The third-order valence-corrected chi connectivity index (χ3v) is 8.15. The topological polar surface area (TPSA) is 112 Å². The van der Waals surface area contributed by atoms with Crippen molar-refractivity contribution in [3.05, 3.63) is 87.2 Å². The van der Waals surface area contributed by atoms with Crippen LogP contribution < -0.4 is 0 Å². The molecule has 0 bridgehead atoms. The Morgan fingerprint density at radius 3 is 2.44 bits per heavy atom. The fraction of sp³-hybridized carbons (Fsp3) is 0.367. The third-order valence-electron chi connectivity index (χ3n) is 8.15. The van der Waals surface area contributed by atoms with Crippen molar-refractivity contribution in [1.82, 2.24) is 0 Å². The summed E-state index contributed by atoms with van der Waals surface area (Å²) < 4.78 is 0. The van der Waals surface area contributed by atoms with E-state index in [1.165, 1.54) is 18.6 Å². The summed E-state index contributed by atoms with van der Waals surface area (Å²) in [6.07, 6.45) is 3.55. The van der Waals surface area contributed by atoms with Crippen LogP contribution >= 0.6 is 0 Å². The number of aryl methyl sites for hydroxylation is 2. The highest BCUT2D eigenvalue weighted by Crippen LogP contribution is 2.52. The van der Waals surface area contributed by atoms with E-state index in [4.69, 9.17) is 0 Å². The summed E-state index contributed by atoms with van der Waals surface area (Å²) in [7, 11) is 0. The molecule has 0 heterocycles. The van der Waals surface area contributed by atoms with Crippen molar-refractivity contribution >= 4 is 17.3 Å².